The van der Waals surface area contributed by atoms with E-state index in [-0.39, 0.29) is 0 Å². The molecule has 1 saturated heterocycles. The first kappa shape index (κ1) is 14.3. The van der Waals surface area contributed by atoms with Gasteiger partial charge in [-0.3, -0.25) is 4.90 Å². The lowest BCUT2D eigenvalue weighted by Crippen LogP contribution is -2.42. The van der Waals surface area contributed by atoms with E-state index in [0.29, 0.717) is 0 Å². The number of aryl methyl sites for hydroxylation is 1. The Morgan fingerprint density at radius 3 is 2.24 bits per heavy atom. The molecule has 1 N–H and O–H groups in total. The van der Waals surface area contributed by atoms with Crippen LogP contribution in [0, 0.1) is 6.92 Å². The first-order chi connectivity index (χ1) is 10.2. The molecule has 2 aromatic rings. The number of likely N-dealkylation sites (tertiary alicyclic amines) is 1. The molecule has 0 radical (unpaired) electrons. The maximum atomic E-state index is 11.0. The molecule has 110 valence electrons. The monoisotopic (exact) mass is 281 g/mol. The highest BCUT2D eigenvalue weighted by atomic mass is 16.3. The molecule has 0 bridgehead atoms. The molecule has 0 spiro atoms. The number of rotatable bonds is 3. The molecule has 21 heavy (non-hydrogen) atoms. The molecule has 0 unspecified atom stereocenters. The van der Waals surface area contributed by atoms with Crippen molar-refractivity contribution < 1.29 is 5.11 Å². The van der Waals surface area contributed by atoms with E-state index in [1.165, 1.54) is 11.1 Å². The molecule has 2 heteroatoms. The second kappa shape index (κ2) is 6.00. The molecule has 0 saturated carbocycles. The Hall–Kier alpha value is -1.64. The van der Waals surface area contributed by atoms with Crippen molar-refractivity contribution in [3.05, 3.63) is 71.3 Å². The van der Waals surface area contributed by atoms with Gasteiger partial charge >= 0.3 is 0 Å². The normalized spacial score (nSPS) is 18.6. The molecule has 2 aromatic carbocycles. The molecule has 1 aliphatic heterocycles. The van der Waals surface area contributed by atoms with E-state index in [2.05, 4.69) is 54.3 Å². The fourth-order valence-electron chi connectivity index (χ4n) is 3.29. The summed E-state index contributed by atoms with van der Waals surface area (Å²) in [6, 6.07) is 18.8. The zero-order valence-electron chi connectivity index (χ0n) is 12.6. The van der Waals surface area contributed by atoms with E-state index in [0.717, 1.165) is 38.0 Å². The molecule has 1 heterocycles. The van der Waals surface area contributed by atoms with E-state index in [4.69, 9.17) is 0 Å². The van der Waals surface area contributed by atoms with Crippen LogP contribution in [0.1, 0.15) is 29.5 Å². The van der Waals surface area contributed by atoms with Gasteiger partial charge in [-0.2, -0.15) is 0 Å². The summed E-state index contributed by atoms with van der Waals surface area (Å²) in [6.45, 7) is 4.95. The number of nitrogens with zero attached hydrogens (tertiary/aromatic N) is 1. The van der Waals surface area contributed by atoms with Crippen molar-refractivity contribution in [3.8, 4) is 0 Å². The smallest absolute Gasteiger partial charge is 0.0923 e. The van der Waals surface area contributed by atoms with Crippen molar-refractivity contribution in [2.24, 2.45) is 0 Å². The van der Waals surface area contributed by atoms with Gasteiger partial charge in [0.05, 0.1) is 5.60 Å². The molecule has 0 aliphatic carbocycles. The molecule has 0 atom stereocenters. The highest BCUT2D eigenvalue weighted by molar-refractivity contribution is 5.31. The summed E-state index contributed by atoms with van der Waals surface area (Å²) in [4.78, 5) is 2.43. The zero-order chi connectivity index (χ0) is 14.7. The predicted molar refractivity (Wildman–Crippen MR) is 86.0 cm³/mol. The van der Waals surface area contributed by atoms with Crippen molar-refractivity contribution in [3.63, 3.8) is 0 Å². The topological polar surface area (TPSA) is 23.5 Å². The molecule has 0 aromatic heterocycles. The van der Waals surface area contributed by atoms with E-state index >= 15 is 0 Å². The third-order valence-corrected chi connectivity index (χ3v) is 4.58. The predicted octanol–water partition coefficient (Wildman–Crippen LogP) is 3.48. The lowest BCUT2D eigenvalue weighted by atomic mass is 9.82. The van der Waals surface area contributed by atoms with Gasteiger partial charge in [0.25, 0.3) is 0 Å². The number of benzene rings is 2. The van der Waals surface area contributed by atoms with Gasteiger partial charge in [0, 0.05) is 19.6 Å². The van der Waals surface area contributed by atoms with E-state index < -0.39 is 5.60 Å². The fourth-order valence-corrected chi connectivity index (χ4v) is 3.29. The van der Waals surface area contributed by atoms with Crippen LogP contribution in [0.25, 0.3) is 0 Å². The van der Waals surface area contributed by atoms with Crippen LogP contribution >= 0.6 is 0 Å². The quantitative estimate of drug-likeness (QED) is 0.931. The Bertz CT molecular complexity index is 586. The Morgan fingerprint density at radius 2 is 1.57 bits per heavy atom. The summed E-state index contributed by atoms with van der Waals surface area (Å²) >= 11 is 0. The number of hydrogen-bond acceptors (Lipinski definition) is 2. The Morgan fingerprint density at radius 1 is 0.952 bits per heavy atom. The van der Waals surface area contributed by atoms with Crippen LogP contribution in [0.15, 0.2) is 54.6 Å². The van der Waals surface area contributed by atoms with Gasteiger partial charge in [0.1, 0.15) is 0 Å². The molecular weight excluding hydrogens is 258 g/mol. The molecule has 1 aliphatic rings. The summed E-state index contributed by atoms with van der Waals surface area (Å²) in [6.07, 6.45) is 1.62. The van der Waals surface area contributed by atoms with E-state index in [1.54, 1.807) is 0 Å². The molecular formula is C19H23NO. The van der Waals surface area contributed by atoms with Gasteiger partial charge in [-0.15, -0.1) is 0 Å². The summed E-state index contributed by atoms with van der Waals surface area (Å²) in [5.41, 5.74) is 2.98. The standard InChI is InChI=1S/C19H23NO/c1-16-7-5-6-10-18(16)19(21)11-13-20(14-12-19)15-17-8-3-2-4-9-17/h2-10,21H,11-15H2,1H3. The highest BCUT2D eigenvalue weighted by Crippen LogP contribution is 2.34. The lowest BCUT2D eigenvalue weighted by Gasteiger charge is -2.39. The van der Waals surface area contributed by atoms with Gasteiger partial charge in [-0.1, -0.05) is 54.6 Å². The van der Waals surface area contributed by atoms with Crippen molar-refractivity contribution in [2.45, 2.75) is 31.9 Å². The molecule has 1 fully saturated rings. The number of hydrogen-bond donors (Lipinski definition) is 1. The SMILES string of the molecule is Cc1ccccc1C1(O)CCN(Cc2ccccc2)CC1. The van der Waals surface area contributed by atoms with Crippen LogP contribution in [0.2, 0.25) is 0 Å². The largest absolute Gasteiger partial charge is 0.385 e. The third kappa shape index (κ3) is 3.17. The van der Waals surface area contributed by atoms with Gasteiger partial charge in [0.2, 0.25) is 0 Å². The van der Waals surface area contributed by atoms with Crippen LogP contribution in [0.5, 0.6) is 0 Å². The van der Waals surface area contributed by atoms with Crippen LogP contribution in [0.4, 0.5) is 0 Å². The number of piperidine rings is 1. The van der Waals surface area contributed by atoms with Crippen LogP contribution in [-0.2, 0) is 12.1 Å². The van der Waals surface area contributed by atoms with Crippen molar-refractivity contribution in [2.75, 3.05) is 13.1 Å². The highest BCUT2D eigenvalue weighted by Gasteiger charge is 2.34. The first-order valence-electron chi connectivity index (χ1n) is 7.72. The molecule has 2 nitrogen and oxygen atoms in total. The average molecular weight is 281 g/mol. The molecule has 0 amide bonds. The minimum Gasteiger partial charge on any atom is -0.385 e. The second-order valence-electron chi connectivity index (χ2n) is 6.11. The summed E-state index contributed by atoms with van der Waals surface area (Å²) in [5, 5.41) is 11.0. The number of aliphatic hydroxyl groups is 1. The Labute approximate surface area is 127 Å². The third-order valence-electron chi connectivity index (χ3n) is 4.58. The van der Waals surface area contributed by atoms with Crippen LogP contribution in [-0.4, -0.2) is 23.1 Å². The molecule has 3 rings (SSSR count). The van der Waals surface area contributed by atoms with Gasteiger partial charge < -0.3 is 5.11 Å². The summed E-state index contributed by atoms with van der Waals surface area (Å²) in [5.74, 6) is 0. The lowest BCUT2D eigenvalue weighted by molar-refractivity contribution is -0.0281. The summed E-state index contributed by atoms with van der Waals surface area (Å²) < 4.78 is 0. The van der Waals surface area contributed by atoms with E-state index in [1.807, 2.05) is 12.1 Å². The van der Waals surface area contributed by atoms with Gasteiger partial charge in [0.15, 0.2) is 0 Å². The van der Waals surface area contributed by atoms with Crippen molar-refractivity contribution in [1.82, 2.24) is 4.90 Å². The minimum absolute atomic E-state index is 0.654. The van der Waals surface area contributed by atoms with Crippen molar-refractivity contribution >= 4 is 0 Å². The van der Waals surface area contributed by atoms with Gasteiger partial charge in [-0.05, 0) is 36.5 Å². The first-order valence-corrected chi connectivity index (χ1v) is 7.72. The maximum absolute atomic E-state index is 11.0. The Balaban J connectivity index is 1.66. The van der Waals surface area contributed by atoms with Crippen LogP contribution < -0.4 is 0 Å². The minimum atomic E-state index is -0.654. The van der Waals surface area contributed by atoms with Gasteiger partial charge in [-0.25, -0.2) is 0 Å². The summed E-state index contributed by atoms with van der Waals surface area (Å²) in [7, 11) is 0. The average Bonchev–Trinajstić information content (AvgIpc) is 2.51. The van der Waals surface area contributed by atoms with Crippen LogP contribution in [0.3, 0.4) is 0 Å². The second-order valence-corrected chi connectivity index (χ2v) is 6.11. The Kier molecular flexibility index (Phi) is 4.09. The fraction of sp³-hybridized carbons (Fsp3) is 0.368. The maximum Gasteiger partial charge on any atom is 0.0923 e. The zero-order valence-corrected chi connectivity index (χ0v) is 12.6. The van der Waals surface area contributed by atoms with E-state index in [9.17, 15) is 5.11 Å². The van der Waals surface area contributed by atoms with Crippen molar-refractivity contribution in [1.29, 1.82) is 0 Å².